The minimum atomic E-state index is 0.0219. The van der Waals surface area contributed by atoms with E-state index in [0.29, 0.717) is 29.1 Å². The third-order valence-corrected chi connectivity index (χ3v) is 5.07. The van der Waals surface area contributed by atoms with Crippen LogP contribution < -0.4 is 5.32 Å². The number of piperidine rings is 1. The summed E-state index contributed by atoms with van der Waals surface area (Å²) in [6, 6.07) is 13.1. The second kappa shape index (κ2) is 7.32. The summed E-state index contributed by atoms with van der Waals surface area (Å²) in [4.78, 5) is 13.2. The van der Waals surface area contributed by atoms with E-state index in [2.05, 4.69) is 27.5 Å². The van der Waals surface area contributed by atoms with Gasteiger partial charge in [0.2, 0.25) is 0 Å². The van der Waals surface area contributed by atoms with Gasteiger partial charge in [0.1, 0.15) is 17.7 Å². The van der Waals surface area contributed by atoms with E-state index < -0.39 is 0 Å². The maximum atomic E-state index is 10.9. The number of nitrogens with one attached hydrogen (secondary N) is 1. The molecule has 138 valence electrons. The Morgan fingerprint density at radius 3 is 2.74 bits per heavy atom. The van der Waals surface area contributed by atoms with Crippen LogP contribution in [0.5, 0.6) is 5.75 Å². The molecule has 2 N–H and O–H groups in total. The average molecular weight is 362 g/mol. The molecular weight excluding hydrogens is 340 g/mol. The van der Waals surface area contributed by atoms with Crippen molar-refractivity contribution in [3.05, 3.63) is 48.0 Å². The molecule has 0 aliphatic carbocycles. The Labute approximate surface area is 157 Å². The molecule has 2 heterocycles. The van der Waals surface area contributed by atoms with E-state index in [1.165, 1.54) is 6.07 Å². The first-order valence-corrected chi connectivity index (χ1v) is 9.15. The number of carbonyl (C=O) groups excluding carboxylic acids is 1. The van der Waals surface area contributed by atoms with Gasteiger partial charge >= 0.3 is 0 Å². The van der Waals surface area contributed by atoms with Crippen molar-refractivity contribution in [1.29, 1.82) is 0 Å². The molecule has 0 bridgehead atoms. The lowest BCUT2D eigenvalue weighted by atomic mass is 10.0. The van der Waals surface area contributed by atoms with Crippen molar-refractivity contribution >= 4 is 22.9 Å². The lowest BCUT2D eigenvalue weighted by Crippen LogP contribution is -2.40. The Morgan fingerprint density at radius 1 is 1.19 bits per heavy atom. The van der Waals surface area contributed by atoms with Crippen LogP contribution in [0.1, 0.15) is 23.2 Å². The van der Waals surface area contributed by atoms with E-state index in [0.717, 1.165) is 42.5 Å². The first-order chi connectivity index (χ1) is 13.2. The second-order valence-corrected chi connectivity index (χ2v) is 7.08. The van der Waals surface area contributed by atoms with Crippen molar-refractivity contribution in [2.75, 3.05) is 25.5 Å². The largest absolute Gasteiger partial charge is 0.507 e. The van der Waals surface area contributed by atoms with E-state index in [-0.39, 0.29) is 5.75 Å². The predicted molar refractivity (Wildman–Crippen MR) is 106 cm³/mol. The van der Waals surface area contributed by atoms with Gasteiger partial charge in [-0.25, -0.2) is 0 Å². The van der Waals surface area contributed by atoms with Crippen LogP contribution in [-0.2, 0) is 0 Å². The topological polar surface area (TPSA) is 78.3 Å². The Bertz CT molecular complexity index is 989. The average Bonchev–Trinajstić information content (AvgIpc) is 2.68. The monoisotopic (exact) mass is 362 g/mol. The molecule has 6 heteroatoms. The van der Waals surface area contributed by atoms with Crippen molar-refractivity contribution in [1.82, 2.24) is 15.1 Å². The van der Waals surface area contributed by atoms with Crippen LogP contribution in [0.15, 0.2) is 42.5 Å². The quantitative estimate of drug-likeness (QED) is 0.693. The number of hydrogen-bond acceptors (Lipinski definition) is 6. The summed E-state index contributed by atoms with van der Waals surface area (Å²) in [7, 11) is 2.13. The first kappa shape index (κ1) is 17.4. The summed E-state index contributed by atoms with van der Waals surface area (Å²) >= 11 is 0. The van der Waals surface area contributed by atoms with Gasteiger partial charge in [0.25, 0.3) is 0 Å². The number of likely N-dealkylation sites (N-methyl/N-ethyl adjacent to an activating group) is 1. The molecule has 6 nitrogen and oxygen atoms in total. The van der Waals surface area contributed by atoms with Gasteiger partial charge in [-0.3, -0.25) is 4.79 Å². The standard InChI is InChI=1S/C21H22N4O2/c1-25-10-4-5-15(12-25)22-21-17-7-3-2-6-16(17)20(23-24-21)18-9-8-14(13-26)11-19(18)27/h2-3,6-9,11,13,15,27H,4-5,10,12H2,1H3,(H,22,24). The van der Waals surface area contributed by atoms with E-state index in [1.54, 1.807) is 12.1 Å². The molecule has 3 aromatic rings. The number of nitrogens with zero attached hydrogens (tertiary/aromatic N) is 3. The van der Waals surface area contributed by atoms with E-state index in [1.807, 2.05) is 24.3 Å². The molecule has 1 fully saturated rings. The number of aldehydes is 1. The summed E-state index contributed by atoms with van der Waals surface area (Å²) in [5.41, 5.74) is 1.59. The molecule has 0 amide bonds. The summed E-state index contributed by atoms with van der Waals surface area (Å²) in [5, 5.41) is 24.6. The Hall–Kier alpha value is -2.99. The number of aromatic hydroxyl groups is 1. The van der Waals surface area contributed by atoms with Crippen molar-refractivity contribution in [3.8, 4) is 17.0 Å². The number of fused-ring (bicyclic) bond motifs is 1. The number of phenols is 1. The molecule has 1 saturated heterocycles. The van der Waals surface area contributed by atoms with Gasteiger partial charge in [-0.05, 0) is 38.6 Å². The Morgan fingerprint density at radius 2 is 2.00 bits per heavy atom. The zero-order valence-corrected chi connectivity index (χ0v) is 15.2. The molecule has 0 saturated carbocycles. The third-order valence-electron chi connectivity index (χ3n) is 5.07. The number of rotatable bonds is 4. The molecule has 1 unspecified atom stereocenters. The SMILES string of the molecule is CN1CCCC(Nc2nnc(-c3ccc(C=O)cc3O)c3ccccc23)C1. The zero-order chi connectivity index (χ0) is 18.8. The van der Waals surface area contributed by atoms with Gasteiger partial charge in [0, 0.05) is 34.5 Å². The first-order valence-electron chi connectivity index (χ1n) is 9.15. The summed E-state index contributed by atoms with van der Waals surface area (Å²) in [6.45, 7) is 2.10. The number of aromatic nitrogens is 2. The third kappa shape index (κ3) is 3.48. The van der Waals surface area contributed by atoms with Crippen LogP contribution >= 0.6 is 0 Å². The highest BCUT2D eigenvalue weighted by Gasteiger charge is 2.20. The van der Waals surface area contributed by atoms with Gasteiger partial charge in [0.05, 0.1) is 0 Å². The molecular formula is C21H22N4O2. The highest BCUT2D eigenvalue weighted by atomic mass is 16.3. The lowest BCUT2D eigenvalue weighted by Gasteiger charge is -2.30. The fourth-order valence-corrected chi connectivity index (χ4v) is 3.71. The molecule has 1 aliphatic rings. The van der Waals surface area contributed by atoms with Gasteiger partial charge in [-0.15, -0.1) is 10.2 Å². The zero-order valence-electron chi connectivity index (χ0n) is 15.2. The van der Waals surface area contributed by atoms with Crippen LogP contribution in [0.25, 0.3) is 22.0 Å². The predicted octanol–water partition coefficient (Wildman–Crippen LogP) is 3.32. The van der Waals surface area contributed by atoms with Crippen LogP contribution in [0.3, 0.4) is 0 Å². The molecule has 0 spiro atoms. The molecule has 0 radical (unpaired) electrons. The number of benzene rings is 2. The Balaban J connectivity index is 1.75. The van der Waals surface area contributed by atoms with E-state index >= 15 is 0 Å². The van der Waals surface area contributed by atoms with Crippen molar-refractivity contribution in [3.63, 3.8) is 0 Å². The van der Waals surface area contributed by atoms with E-state index in [9.17, 15) is 9.90 Å². The number of likely N-dealkylation sites (tertiary alicyclic amines) is 1. The summed E-state index contributed by atoms with van der Waals surface area (Å²) < 4.78 is 0. The summed E-state index contributed by atoms with van der Waals surface area (Å²) in [6.07, 6.45) is 2.98. The van der Waals surface area contributed by atoms with Gasteiger partial charge in [0.15, 0.2) is 5.82 Å². The maximum Gasteiger partial charge on any atom is 0.156 e. The normalized spacial score (nSPS) is 17.7. The van der Waals surface area contributed by atoms with Crippen LogP contribution in [0, 0.1) is 0 Å². The van der Waals surface area contributed by atoms with Gasteiger partial charge < -0.3 is 15.3 Å². The second-order valence-electron chi connectivity index (χ2n) is 7.08. The number of hydrogen-bond donors (Lipinski definition) is 2. The van der Waals surface area contributed by atoms with Crippen LogP contribution in [0.4, 0.5) is 5.82 Å². The van der Waals surface area contributed by atoms with Gasteiger partial charge in [-0.2, -0.15) is 0 Å². The number of phenolic OH excluding ortho intramolecular Hbond substituents is 1. The van der Waals surface area contributed by atoms with Gasteiger partial charge in [-0.1, -0.05) is 30.3 Å². The van der Waals surface area contributed by atoms with E-state index in [4.69, 9.17) is 0 Å². The number of carbonyl (C=O) groups is 1. The molecule has 1 aromatic heterocycles. The Kier molecular flexibility index (Phi) is 4.73. The molecule has 27 heavy (non-hydrogen) atoms. The maximum absolute atomic E-state index is 10.9. The molecule has 2 aromatic carbocycles. The molecule has 1 atom stereocenters. The minimum absolute atomic E-state index is 0.0219. The van der Waals surface area contributed by atoms with Crippen LogP contribution in [-0.4, -0.2) is 52.7 Å². The number of anilines is 1. The lowest BCUT2D eigenvalue weighted by molar-refractivity contribution is 0.112. The van der Waals surface area contributed by atoms with Crippen LogP contribution in [0.2, 0.25) is 0 Å². The smallest absolute Gasteiger partial charge is 0.156 e. The highest BCUT2D eigenvalue weighted by molar-refractivity contribution is 6.01. The fraction of sp³-hybridized carbons (Fsp3) is 0.286. The van der Waals surface area contributed by atoms with Crippen molar-refractivity contribution in [2.45, 2.75) is 18.9 Å². The van der Waals surface area contributed by atoms with Crippen molar-refractivity contribution < 1.29 is 9.90 Å². The highest BCUT2D eigenvalue weighted by Crippen LogP contribution is 2.35. The fourth-order valence-electron chi connectivity index (χ4n) is 3.71. The summed E-state index contributed by atoms with van der Waals surface area (Å²) in [5.74, 6) is 0.785. The minimum Gasteiger partial charge on any atom is -0.507 e. The van der Waals surface area contributed by atoms with Crippen molar-refractivity contribution in [2.24, 2.45) is 0 Å². The molecule has 1 aliphatic heterocycles. The molecule has 4 rings (SSSR count).